The molecular formula is C10H20N2O3. The zero-order chi connectivity index (χ0) is 11.3. The summed E-state index contributed by atoms with van der Waals surface area (Å²) in [6.45, 7) is 3.66. The molecule has 1 fully saturated rings. The Hall–Kier alpha value is -0.810. The van der Waals surface area contributed by atoms with Crippen molar-refractivity contribution < 1.29 is 14.4 Å². The standard InChI is InChI=1S/C10H20N2O3/c1-8(12(2)10(13)15-11)6-9-4-3-5-14-7-9/h8-9H,3-7,11H2,1-2H3/t8-,9+/m0/s1. The number of carbonyl (C=O) groups excluding carboxylic acids is 1. The lowest BCUT2D eigenvalue weighted by atomic mass is 9.94. The van der Waals surface area contributed by atoms with Crippen LogP contribution < -0.4 is 5.90 Å². The molecule has 15 heavy (non-hydrogen) atoms. The second kappa shape index (κ2) is 5.92. The Morgan fingerprint density at radius 1 is 1.73 bits per heavy atom. The Kier molecular flexibility index (Phi) is 4.84. The number of amides is 1. The van der Waals surface area contributed by atoms with E-state index >= 15 is 0 Å². The number of nitrogens with zero attached hydrogens (tertiary/aromatic N) is 1. The van der Waals surface area contributed by atoms with E-state index in [2.05, 4.69) is 4.84 Å². The summed E-state index contributed by atoms with van der Waals surface area (Å²) in [6, 6.07) is 0.132. The van der Waals surface area contributed by atoms with Crippen LogP contribution in [0.3, 0.4) is 0 Å². The van der Waals surface area contributed by atoms with Crippen molar-refractivity contribution in [3.63, 3.8) is 0 Å². The molecule has 5 nitrogen and oxygen atoms in total. The van der Waals surface area contributed by atoms with Gasteiger partial charge >= 0.3 is 6.09 Å². The second-order valence-electron chi connectivity index (χ2n) is 4.16. The van der Waals surface area contributed by atoms with Gasteiger partial charge in [-0.1, -0.05) is 0 Å². The molecule has 0 spiro atoms. The highest BCUT2D eigenvalue weighted by Crippen LogP contribution is 2.20. The molecule has 0 radical (unpaired) electrons. The Labute approximate surface area is 90.5 Å². The Bertz CT molecular complexity index is 205. The fourth-order valence-electron chi connectivity index (χ4n) is 1.90. The largest absolute Gasteiger partial charge is 0.428 e. The second-order valence-corrected chi connectivity index (χ2v) is 4.16. The van der Waals surface area contributed by atoms with E-state index in [1.165, 1.54) is 11.3 Å². The molecule has 0 aromatic heterocycles. The van der Waals surface area contributed by atoms with Gasteiger partial charge in [0.1, 0.15) is 0 Å². The van der Waals surface area contributed by atoms with Gasteiger partial charge in [-0.15, -0.1) is 0 Å². The summed E-state index contributed by atoms with van der Waals surface area (Å²) in [5, 5.41) is 0. The van der Waals surface area contributed by atoms with Crippen molar-refractivity contribution in [1.29, 1.82) is 0 Å². The summed E-state index contributed by atoms with van der Waals surface area (Å²) >= 11 is 0. The average Bonchev–Trinajstić information content (AvgIpc) is 2.28. The average molecular weight is 216 g/mol. The predicted molar refractivity (Wildman–Crippen MR) is 56.1 cm³/mol. The summed E-state index contributed by atoms with van der Waals surface area (Å²) in [4.78, 5) is 16.8. The molecule has 1 rings (SSSR count). The first-order valence-electron chi connectivity index (χ1n) is 5.36. The van der Waals surface area contributed by atoms with Crippen LogP contribution in [0.25, 0.3) is 0 Å². The first kappa shape index (κ1) is 12.3. The summed E-state index contributed by atoms with van der Waals surface area (Å²) in [7, 11) is 1.70. The number of rotatable bonds is 3. The van der Waals surface area contributed by atoms with E-state index in [-0.39, 0.29) is 6.04 Å². The highest BCUT2D eigenvalue weighted by atomic mass is 16.7. The molecule has 0 aromatic carbocycles. The molecule has 0 unspecified atom stereocenters. The van der Waals surface area contributed by atoms with Gasteiger partial charge in [0.2, 0.25) is 0 Å². The minimum atomic E-state index is -0.487. The van der Waals surface area contributed by atoms with Gasteiger partial charge in [0.05, 0.1) is 0 Å². The molecule has 88 valence electrons. The number of hydrogen-bond donors (Lipinski definition) is 1. The number of hydrogen-bond acceptors (Lipinski definition) is 4. The molecule has 0 saturated carbocycles. The molecule has 1 amide bonds. The summed E-state index contributed by atoms with van der Waals surface area (Å²) in [5.41, 5.74) is 0. The van der Waals surface area contributed by atoms with E-state index in [4.69, 9.17) is 10.6 Å². The van der Waals surface area contributed by atoms with Crippen molar-refractivity contribution in [3.05, 3.63) is 0 Å². The van der Waals surface area contributed by atoms with Gasteiger partial charge in [-0.3, -0.25) is 0 Å². The summed E-state index contributed by atoms with van der Waals surface area (Å²) in [6.07, 6.45) is 2.74. The summed E-state index contributed by atoms with van der Waals surface area (Å²) < 4.78 is 5.39. The van der Waals surface area contributed by atoms with E-state index in [1.54, 1.807) is 7.05 Å². The Morgan fingerprint density at radius 2 is 2.47 bits per heavy atom. The van der Waals surface area contributed by atoms with Gasteiger partial charge in [0.15, 0.2) is 0 Å². The number of carbonyl (C=O) groups is 1. The SMILES string of the molecule is C[C@@H](C[C@H]1CCCOC1)N(C)C(=O)ON. The first-order chi connectivity index (χ1) is 7.15. The zero-order valence-electron chi connectivity index (χ0n) is 9.44. The maximum absolute atomic E-state index is 11.1. The van der Waals surface area contributed by atoms with Crippen molar-refractivity contribution >= 4 is 6.09 Å². The molecule has 2 N–H and O–H groups in total. The molecule has 1 aliphatic heterocycles. The third-order valence-corrected chi connectivity index (χ3v) is 2.98. The normalized spacial score (nSPS) is 23.3. The monoisotopic (exact) mass is 216 g/mol. The highest BCUT2D eigenvalue weighted by molar-refractivity contribution is 5.67. The van der Waals surface area contributed by atoms with Crippen LogP contribution in [0, 0.1) is 5.92 Å². The number of nitrogens with two attached hydrogens (primary N) is 1. The third kappa shape index (κ3) is 3.68. The summed E-state index contributed by atoms with van der Waals surface area (Å²) in [5.74, 6) is 5.37. The van der Waals surface area contributed by atoms with Gasteiger partial charge in [-0.05, 0) is 32.1 Å². The van der Waals surface area contributed by atoms with Crippen LogP contribution in [-0.2, 0) is 9.57 Å². The minimum Gasteiger partial charge on any atom is -0.381 e. The van der Waals surface area contributed by atoms with E-state index in [1.807, 2.05) is 6.92 Å². The van der Waals surface area contributed by atoms with E-state index in [9.17, 15) is 4.79 Å². The fraction of sp³-hybridized carbons (Fsp3) is 0.900. The fourth-order valence-corrected chi connectivity index (χ4v) is 1.90. The highest BCUT2D eigenvalue weighted by Gasteiger charge is 2.22. The number of ether oxygens (including phenoxy) is 1. The molecule has 2 atom stereocenters. The van der Waals surface area contributed by atoms with E-state index in [0.29, 0.717) is 5.92 Å². The third-order valence-electron chi connectivity index (χ3n) is 2.98. The molecule has 0 aliphatic carbocycles. The zero-order valence-corrected chi connectivity index (χ0v) is 9.44. The molecule has 1 aliphatic rings. The smallest absolute Gasteiger partial charge is 0.381 e. The topological polar surface area (TPSA) is 64.8 Å². The van der Waals surface area contributed by atoms with Crippen molar-refractivity contribution in [2.24, 2.45) is 11.8 Å². The van der Waals surface area contributed by atoms with Crippen LogP contribution >= 0.6 is 0 Å². The lowest BCUT2D eigenvalue weighted by Gasteiger charge is -2.29. The van der Waals surface area contributed by atoms with Crippen molar-refractivity contribution in [2.75, 3.05) is 20.3 Å². The Balaban J connectivity index is 2.32. The predicted octanol–water partition coefficient (Wildman–Crippen LogP) is 1.13. The van der Waals surface area contributed by atoms with Crippen LogP contribution in [0.1, 0.15) is 26.2 Å². The minimum absolute atomic E-state index is 0.132. The van der Waals surface area contributed by atoms with Crippen LogP contribution in [0.5, 0.6) is 0 Å². The van der Waals surface area contributed by atoms with Gasteiger partial charge in [0, 0.05) is 26.3 Å². The van der Waals surface area contributed by atoms with Crippen molar-refractivity contribution in [2.45, 2.75) is 32.2 Å². The van der Waals surface area contributed by atoms with Gasteiger partial charge < -0.3 is 14.5 Å². The van der Waals surface area contributed by atoms with Gasteiger partial charge in [-0.2, -0.15) is 5.90 Å². The Morgan fingerprint density at radius 3 is 3.00 bits per heavy atom. The lowest BCUT2D eigenvalue weighted by Crippen LogP contribution is -2.38. The van der Waals surface area contributed by atoms with E-state index < -0.39 is 6.09 Å². The van der Waals surface area contributed by atoms with Crippen LogP contribution in [-0.4, -0.2) is 37.3 Å². The van der Waals surface area contributed by atoms with Crippen LogP contribution in [0.2, 0.25) is 0 Å². The first-order valence-corrected chi connectivity index (χ1v) is 5.36. The van der Waals surface area contributed by atoms with E-state index in [0.717, 1.165) is 26.1 Å². The van der Waals surface area contributed by atoms with Crippen LogP contribution in [0.4, 0.5) is 4.79 Å². The molecule has 1 saturated heterocycles. The molecule has 0 bridgehead atoms. The van der Waals surface area contributed by atoms with Crippen molar-refractivity contribution in [3.8, 4) is 0 Å². The van der Waals surface area contributed by atoms with Gasteiger partial charge in [-0.25, -0.2) is 4.79 Å². The van der Waals surface area contributed by atoms with Gasteiger partial charge in [0.25, 0.3) is 0 Å². The lowest BCUT2D eigenvalue weighted by molar-refractivity contribution is 0.0386. The van der Waals surface area contributed by atoms with Crippen molar-refractivity contribution in [1.82, 2.24) is 4.90 Å². The molecule has 0 aromatic rings. The molecule has 5 heteroatoms. The maximum atomic E-state index is 11.1. The quantitative estimate of drug-likeness (QED) is 0.718. The molecule has 1 heterocycles. The maximum Gasteiger partial charge on any atom is 0.428 e. The van der Waals surface area contributed by atoms with Crippen LogP contribution in [0.15, 0.2) is 0 Å². The molecular weight excluding hydrogens is 196 g/mol.